The fourth-order valence-electron chi connectivity index (χ4n) is 2.61. The third-order valence-electron chi connectivity index (χ3n) is 3.89. The first kappa shape index (κ1) is 15.0. The first-order chi connectivity index (χ1) is 12.3. The van der Waals surface area contributed by atoms with Gasteiger partial charge in [0.2, 0.25) is 0 Å². The minimum Gasteiger partial charge on any atom is -0.321 e. The van der Waals surface area contributed by atoms with Gasteiger partial charge in [-0.2, -0.15) is 0 Å². The van der Waals surface area contributed by atoms with Crippen LogP contribution in [0.2, 0.25) is 0 Å². The highest BCUT2D eigenvalue weighted by molar-refractivity contribution is 6.04. The van der Waals surface area contributed by atoms with E-state index in [1.807, 2.05) is 41.1 Å². The number of benzene rings is 2. The number of amides is 1. The van der Waals surface area contributed by atoms with Crippen LogP contribution < -0.4 is 5.32 Å². The minimum atomic E-state index is -0.161. The topological polar surface area (TPSA) is 72.7 Å². The van der Waals surface area contributed by atoms with Crippen molar-refractivity contribution in [3.05, 3.63) is 84.2 Å². The predicted molar refractivity (Wildman–Crippen MR) is 95.3 cm³/mol. The summed E-state index contributed by atoms with van der Waals surface area (Å²) < 4.78 is 1.85. The number of carbonyl (C=O) groups is 1. The fourth-order valence-corrected chi connectivity index (χ4v) is 2.61. The number of anilines is 1. The van der Waals surface area contributed by atoms with Crippen LogP contribution >= 0.6 is 0 Å². The molecule has 0 bridgehead atoms. The molecular formula is C19H15N5O. The SMILES string of the molecule is O=C(Nc1cccnc1)c1ccc(Cn2nnc3ccccc32)cc1. The average molecular weight is 329 g/mol. The third-order valence-corrected chi connectivity index (χ3v) is 3.89. The largest absolute Gasteiger partial charge is 0.321 e. The summed E-state index contributed by atoms with van der Waals surface area (Å²) >= 11 is 0. The van der Waals surface area contributed by atoms with E-state index in [2.05, 4.69) is 20.6 Å². The molecule has 0 aliphatic rings. The maximum Gasteiger partial charge on any atom is 0.255 e. The first-order valence-corrected chi connectivity index (χ1v) is 7.88. The smallest absolute Gasteiger partial charge is 0.255 e. The Bertz CT molecular complexity index is 1010. The summed E-state index contributed by atoms with van der Waals surface area (Å²) in [6.45, 7) is 0.602. The van der Waals surface area contributed by atoms with Gasteiger partial charge in [-0.25, -0.2) is 4.68 Å². The Labute approximate surface area is 144 Å². The zero-order chi connectivity index (χ0) is 17.1. The monoisotopic (exact) mass is 329 g/mol. The van der Waals surface area contributed by atoms with Crippen molar-refractivity contribution in [2.24, 2.45) is 0 Å². The zero-order valence-electron chi connectivity index (χ0n) is 13.3. The van der Waals surface area contributed by atoms with E-state index in [-0.39, 0.29) is 5.91 Å². The van der Waals surface area contributed by atoms with Gasteiger partial charge in [-0.3, -0.25) is 9.78 Å². The van der Waals surface area contributed by atoms with Gasteiger partial charge in [0.1, 0.15) is 5.52 Å². The molecule has 122 valence electrons. The van der Waals surface area contributed by atoms with Crippen LogP contribution in [0.15, 0.2) is 73.1 Å². The summed E-state index contributed by atoms with van der Waals surface area (Å²) in [6.07, 6.45) is 3.28. The molecule has 4 aromatic rings. The number of nitrogens with zero attached hydrogens (tertiary/aromatic N) is 4. The zero-order valence-corrected chi connectivity index (χ0v) is 13.3. The van der Waals surface area contributed by atoms with Crippen LogP contribution in [0.5, 0.6) is 0 Å². The van der Waals surface area contributed by atoms with Crippen LogP contribution in [0.4, 0.5) is 5.69 Å². The Morgan fingerprint density at radius 2 is 1.84 bits per heavy atom. The van der Waals surface area contributed by atoms with Crippen molar-refractivity contribution in [2.45, 2.75) is 6.54 Å². The number of para-hydroxylation sites is 1. The summed E-state index contributed by atoms with van der Waals surface area (Å²) in [5.41, 5.74) is 4.17. The number of rotatable bonds is 4. The number of aromatic nitrogens is 4. The molecule has 1 amide bonds. The van der Waals surface area contributed by atoms with Crippen LogP contribution in [0.1, 0.15) is 15.9 Å². The molecule has 6 nitrogen and oxygen atoms in total. The number of nitrogens with one attached hydrogen (secondary N) is 1. The van der Waals surface area contributed by atoms with Gasteiger partial charge < -0.3 is 5.32 Å². The molecule has 0 fully saturated rings. The Morgan fingerprint density at radius 1 is 1.00 bits per heavy atom. The second-order valence-corrected chi connectivity index (χ2v) is 5.63. The highest BCUT2D eigenvalue weighted by atomic mass is 16.1. The van der Waals surface area contributed by atoms with E-state index in [1.165, 1.54) is 0 Å². The Kier molecular flexibility index (Phi) is 3.92. The van der Waals surface area contributed by atoms with Gasteiger partial charge in [0, 0.05) is 11.8 Å². The standard InChI is InChI=1S/C19H15N5O/c25-19(21-16-4-3-11-20-12-16)15-9-7-14(8-10-15)13-24-18-6-2-1-5-17(18)22-23-24/h1-12H,13H2,(H,21,25). The number of hydrogen-bond donors (Lipinski definition) is 1. The molecule has 2 aromatic heterocycles. The van der Waals surface area contributed by atoms with Crippen LogP contribution in [0.3, 0.4) is 0 Å². The van der Waals surface area contributed by atoms with Crippen molar-refractivity contribution >= 4 is 22.6 Å². The van der Waals surface area contributed by atoms with Gasteiger partial charge in [0.15, 0.2) is 0 Å². The van der Waals surface area contributed by atoms with E-state index in [9.17, 15) is 4.79 Å². The van der Waals surface area contributed by atoms with Gasteiger partial charge in [0.25, 0.3) is 5.91 Å². The molecule has 0 aliphatic carbocycles. The molecule has 0 aliphatic heterocycles. The molecule has 25 heavy (non-hydrogen) atoms. The van der Waals surface area contributed by atoms with Gasteiger partial charge in [-0.15, -0.1) is 5.10 Å². The normalized spacial score (nSPS) is 10.7. The molecule has 0 radical (unpaired) electrons. The lowest BCUT2D eigenvalue weighted by Crippen LogP contribution is -2.12. The van der Waals surface area contributed by atoms with Crippen molar-refractivity contribution in [1.29, 1.82) is 0 Å². The lowest BCUT2D eigenvalue weighted by Gasteiger charge is -2.06. The van der Waals surface area contributed by atoms with Gasteiger partial charge in [0.05, 0.1) is 23.9 Å². The Balaban J connectivity index is 1.49. The van der Waals surface area contributed by atoms with E-state index in [4.69, 9.17) is 0 Å². The number of carbonyl (C=O) groups excluding carboxylic acids is 1. The fraction of sp³-hybridized carbons (Fsp3) is 0.0526. The summed E-state index contributed by atoms with van der Waals surface area (Å²) in [4.78, 5) is 16.2. The van der Waals surface area contributed by atoms with Crippen molar-refractivity contribution in [3.8, 4) is 0 Å². The van der Waals surface area contributed by atoms with Crippen LogP contribution in [-0.2, 0) is 6.54 Å². The predicted octanol–water partition coefficient (Wildman–Crippen LogP) is 3.13. The van der Waals surface area contributed by atoms with E-state index in [0.29, 0.717) is 17.8 Å². The first-order valence-electron chi connectivity index (χ1n) is 7.88. The van der Waals surface area contributed by atoms with E-state index in [0.717, 1.165) is 16.6 Å². The molecule has 2 aromatic carbocycles. The second-order valence-electron chi connectivity index (χ2n) is 5.63. The number of fused-ring (bicyclic) bond motifs is 1. The van der Waals surface area contributed by atoms with Gasteiger partial charge in [-0.05, 0) is 42.0 Å². The summed E-state index contributed by atoms with van der Waals surface area (Å²) in [7, 11) is 0. The molecule has 0 spiro atoms. The maximum absolute atomic E-state index is 12.3. The van der Waals surface area contributed by atoms with Crippen LogP contribution in [0.25, 0.3) is 11.0 Å². The Hall–Kier alpha value is -3.54. The lowest BCUT2D eigenvalue weighted by molar-refractivity contribution is 0.102. The molecule has 0 saturated heterocycles. The lowest BCUT2D eigenvalue weighted by atomic mass is 10.1. The van der Waals surface area contributed by atoms with E-state index < -0.39 is 0 Å². The molecule has 1 N–H and O–H groups in total. The molecule has 0 unspecified atom stereocenters. The summed E-state index contributed by atoms with van der Waals surface area (Å²) in [5.74, 6) is -0.161. The summed E-state index contributed by atoms with van der Waals surface area (Å²) in [6, 6.07) is 18.9. The van der Waals surface area contributed by atoms with Crippen molar-refractivity contribution in [1.82, 2.24) is 20.0 Å². The van der Waals surface area contributed by atoms with E-state index >= 15 is 0 Å². The summed E-state index contributed by atoms with van der Waals surface area (Å²) in [5, 5.41) is 11.2. The maximum atomic E-state index is 12.3. The number of hydrogen-bond acceptors (Lipinski definition) is 4. The van der Waals surface area contributed by atoms with E-state index in [1.54, 1.807) is 36.7 Å². The second kappa shape index (κ2) is 6.52. The van der Waals surface area contributed by atoms with Crippen molar-refractivity contribution < 1.29 is 4.79 Å². The van der Waals surface area contributed by atoms with Gasteiger partial charge >= 0.3 is 0 Å². The van der Waals surface area contributed by atoms with Crippen molar-refractivity contribution in [2.75, 3.05) is 5.32 Å². The third kappa shape index (κ3) is 3.23. The van der Waals surface area contributed by atoms with Crippen LogP contribution in [0, 0.1) is 0 Å². The van der Waals surface area contributed by atoms with Gasteiger partial charge in [-0.1, -0.05) is 29.5 Å². The molecule has 0 atom stereocenters. The highest BCUT2D eigenvalue weighted by Gasteiger charge is 2.08. The number of pyridine rings is 1. The molecular weight excluding hydrogens is 314 g/mol. The molecule has 6 heteroatoms. The average Bonchev–Trinajstić information content (AvgIpc) is 3.06. The van der Waals surface area contributed by atoms with Crippen molar-refractivity contribution in [3.63, 3.8) is 0 Å². The molecule has 0 saturated carbocycles. The minimum absolute atomic E-state index is 0.161. The highest BCUT2D eigenvalue weighted by Crippen LogP contribution is 2.13. The quantitative estimate of drug-likeness (QED) is 0.624. The Morgan fingerprint density at radius 3 is 2.64 bits per heavy atom. The molecule has 4 rings (SSSR count). The molecule has 2 heterocycles. The van der Waals surface area contributed by atoms with Crippen LogP contribution in [-0.4, -0.2) is 25.9 Å².